The summed E-state index contributed by atoms with van der Waals surface area (Å²) in [6.07, 6.45) is 0.817. The van der Waals surface area contributed by atoms with E-state index in [9.17, 15) is 8.42 Å². The molecule has 1 aromatic carbocycles. The minimum atomic E-state index is -3.26. The molecule has 17 heavy (non-hydrogen) atoms. The molecule has 0 fully saturated rings. The van der Waals surface area contributed by atoms with Gasteiger partial charge in [-0.3, -0.25) is 0 Å². The van der Waals surface area contributed by atoms with Gasteiger partial charge >= 0.3 is 0 Å². The van der Waals surface area contributed by atoms with Gasteiger partial charge in [0.2, 0.25) is 10.0 Å². The lowest BCUT2D eigenvalue weighted by Crippen LogP contribution is -2.32. The molecule has 1 rings (SSSR count). The van der Waals surface area contributed by atoms with Gasteiger partial charge in [0, 0.05) is 18.8 Å². The van der Waals surface area contributed by atoms with Crippen molar-refractivity contribution in [2.24, 2.45) is 0 Å². The second-order valence-electron chi connectivity index (χ2n) is 3.95. The van der Waals surface area contributed by atoms with Crippen LogP contribution in [0.25, 0.3) is 0 Å². The highest BCUT2D eigenvalue weighted by Crippen LogP contribution is 2.16. The fraction of sp³-hybridized carbons (Fsp3) is 0.500. The normalized spacial score (nSPS) is 11.9. The number of para-hydroxylation sites is 1. The van der Waals surface area contributed by atoms with E-state index in [0.29, 0.717) is 24.3 Å². The van der Waals surface area contributed by atoms with Crippen molar-refractivity contribution in [2.75, 3.05) is 18.8 Å². The molecule has 0 spiro atoms. The number of hydrogen-bond acceptors (Lipinski definition) is 3. The predicted octanol–water partition coefficient (Wildman–Crippen LogP) is 1.83. The fourth-order valence-corrected chi connectivity index (χ4v) is 3.39. The van der Waals surface area contributed by atoms with Crippen molar-refractivity contribution >= 4 is 15.7 Å². The molecule has 0 unspecified atom stereocenters. The van der Waals surface area contributed by atoms with Crippen LogP contribution in [-0.2, 0) is 15.8 Å². The van der Waals surface area contributed by atoms with Gasteiger partial charge in [0.25, 0.3) is 0 Å². The van der Waals surface area contributed by atoms with Gasteiger partial charge < -0.3 is 5.73 Å². The summed E-state index contributed by atoms with van der Waals surface area (Å²) >= 11 is 0. The third kappa shape index (κ3) is 3.71. The minimum Gasteiger partial charge on any atom is -0.398 e. The molecule has 0 aliphatic carbocycles. The molecule has 0 saturated heterocycles. The summed E-state index contributed by atoms with van der Waals surface area (Å²) in [5.41, 5.74) is 6.96. The second-order valence-corrected chi connectivity index (χ2v) is 5.92. The number of anilines is 1. The Labute approximate surface area is 103 Å². The van der Waals surface area contributed by atoms with Gasteiger partial charge in [-0.15, -0.1) is 0 Å². The van der Waals surface area contributed by atoms with Crippen LogP contribution in [0.2, 0.25) is 0 Å². The highest BCUT2D eigenvalue weighted by atomic mass is 32.2. The Kier molecular flexibility index (Phi) is 4.96. The highest BCUT2D eigenvalue weighted by Gasteiger charge is 2.20. The lowest BCUT2D eigenvalue weighted by molar-refractivity contribution is 0.426. The maximum atomic E-state index is 12.1. The van der Waals surface area contributed by atoms with E-state index < -0.39 is 10.0 Å². The summed E-state index contributed by atoms with van der Waals surface area (Å²) in [6.45, 7) is 4.88. The van der Waals surface area contributed by atoms with E-state index in [2.05, 4.69) is 0 Å². The van der Waals surface area contributed by atoms with Crippen LogP contribution in [-0.4, -0.2) is 25.8 Å². The molecule has 0 bridgehead atoms. The van der Waals surface area contributed by atoms with E-state index in [0.717, 1.165) is 6.42 Å². The number of benzene rings is 1. The summed E-state index contributed by atoms with van der Waals surface area (Å²) in [6, 6.07) is 7.08. The average molecular weight is 256 g/mol. The van der Waals surface area contributed by atoms with Gasteiger partial charge in [0.1, 0.15) is 0 Å². The molecule has 4 nitrogen and oxygen atoms in total. The first-order chi connectivity index (χ1) is 8.01. The van der Waals surface area contributed by atoms with Crippen molar-refractivity contribution in [2.45, 2.75) is 26.0 Å². The minimum absolute atomic E-state index is 0.0203. The first-order valence-corrected chi connectivity index (χ1v) is 7.43. The topological polar surface area (TPSA) is 63.4 Å². The van der Waals surface area contributed by atoms with Crippen molar-refractivity contribution < 1.29 is 8.42 Å². The van der Waals surface area contributed by atoms with E-state index in [1.165, 1.54) is 4.31 Å². The van der Waals surface area contributed by atoms with Gasteiger partial charge in [-0.25, -0.2) is 12.7 Å². The van der Waals surface area contributed by atoms with Crippen molar-refractivity contribution in [1.29, 1.82) is 0 Å². The Morgan fingerprint density at radius 3 is 2.41 bits per heavy atom. The summed E-state index contributed by atoms with van der Waals surface area (Å²) in [4.78, 5) is 0. The van der Waals surface area contributed by atoms with Crippen LogP contribution < -0.4 is 5.73 Å². The van der Waals surface area contributed by atoms with Crippen molar-refractivity contribution in [3.63, 3.8) is 0 Å². The zero-order valence-electron chi connectivity index (χ0n) is 10.4. The Hall–Kier alpha value is -1.07. The van der Waals surface area contributed by atoms with Gasteiger partial charge in [-0.1, -0.05) is 32.0 Å². The van der Waals surface area contributed by atoms with Crippen molar-refractivity contribution in [1.82, 2.24) is 4.31 Å². The van der Waals surface area contributed by atoms with Crippen LogP contribution in [0.4, 0.5) is 5.69 Å². The highest BCUT2D eigenvalue weighted by molar-refractivity contribution is 7.88. The maximum absolute atomic E-state index is 12.1. The van der Waals surface area contributed by atoms with E-state index in [4.69, 9.17) is 5.73 Å². The standard InChI is InChI=1S/C12H20N2O2S/c1-3-9-14(4-2)17(15,16)10-11-7-5-6-8-12(11)13/h5-8H,3-4,9-10,13H2,1-2H3. The Balaban J connectivity index is 2.89. The Morgan fingerprint density at radius 2 is 1.88 bits per heavy atom. The van der Waals surface area contributed by atoms with Crippen molar-refractivity contribution in [3.05, 3.63) is 29.8 Å². The number of nitrogens with two attached hydrogens (primary N) is 1. The molecule has 5 heteroatoms. The van der Waals surface area contributed by atoms with Crippen LogP contribution >= 0.6 is 0 Å². The first-order valence-electron chi connectivity index (χ1n) is 5.82. The van der Waals surface area contributed by atoms with Gasteiger partial charge in [-0.2, -0.15) is 0 Å². The van der Waals surface area contributed by atoms with Crippen LogP contribution in [0.3, 0.4) is 0 Å². The van der Waals surface area contributed by atoms with Crippen LogP contribution in [0.5, 0.6) is 0 Å². The van der Waals surface area contributed by atoms with Gasteiger partial charge in [0.05, 0.1) is 5.75 Å². The summed E-state index contributed by atoms with van der Waals surface area (Å²) < 4.78 is 25.8. The maximum Gasteiger partial charge on any atom is 0.218 e. The molecular weight excluding hydrogens is 236 g/mol. The van der Waals surface area contributed by atoms with E-state index in [1.807, 2.05) is 13.8 Å². The Bertz CT molecular complexity index is 457. The first kappa shape index (κ1) is 14.0. The summed E-state index contributed by atoms with van der Waals surface area (Å²) in [7, 11) is -3.26. The van der Waals surface area contributed by atoms with Gasteiger partial charge in [-0.05, 0) is 18.1 Å². The molecule has 0 aliphatic rings. The Morgan fingerprint density at radius 1 is 1.24 bits per heavy atom. The lowest BCUT2D eigenvalue weighted by atomic mass is 10.2. The second kappa shape index (κ2) is 6.02. The predicted molar refractivity (Wildman–Crippen MR) is 71.0 cm³/mol. The van der Waals surface area contributed by atoms with Crippen LogP contribution in [0, 0.1) is 0 Å². The monoisotopic (exact) mass is 256 g/mol. The van der Waals surface area contributed by atoms with Crippen LogP contribution in [0.15, 0.2) is 24.3 Å². The molecule has 0 heterocycles. The molecule has 0 radical (unpaired) electrons. The molecule has 0 aliphatic heterocycles. The number of sulfonamides is 1. The average Bonchev–Trinajstić information content (AvgIpc) is 2.28. The fourth-order valence-electron chi connectivity index (χ4n) is 1.70. The SMILES string of the molecule is CCCN(CC)S(=O)(=O)Cc1ccccc1N. The molecule has 0 aromatic heterocycles. The van der Waals surface area contributed by atoms with Gasteiger partial charge in [0.15, 0.2) is 0 Å². The lowest BCUT2D eigenvalue weighted by Gasteiger charge is -2.20. The summed E-state index contributed by atoms with van der Waals surface area (Å²) in [5.74, 6) is -0.0203. The molecule has 0 atom stereocenters. The largest absolute Gasteiger partial charge is 0.398 e. The summed E-state index contributed by atoms with van der Waals surface area (Å²) in [5, 5.41) is 0. The molecule has 2 N–H and O–H groups in total. The molecular formula is C12H20N2O2S. The smallest absolute Gasteiger partial charge is 0.218 e. The number of nitrogens with zero attached hydrogens (tertiary/aromatic N) is 1. The quantitative estimate of drug-likeness (QED) is 0.790. The van der Waals surface area contributed by atoms with E-state index in [-0.39, 0.29) is 5.75 Å². The zero-order valence-corrected chi connectivity index (χ0v) is 11.2. The number of rotatable bonds is 6. The van der Waals surface area contributed by atoms with E-state index >= 15 is 0 Å². The van der Waals surface area contributed by atoms with Crippen LogP contribution in [0.1, 0.15) is 25.8 Å². The molecule has 96 valence electrons. The number of hydrogen-bond donors (Lipinski definition) is 1. The third-order valence-corrected chi connectivity index (χ3v) is 4.52. The third-order valence-electron chi connectivity index (χ3n) is 2.61. The molecule has 0 saturated carbocycles. The van der Waals surface area contributed by atoms with Crippen molar-refractivity contribution in [3.8, 4) is 0 Å². The molecule has 0 amide bonds. The zero-order chi connectivity index (χ0) is 12.9. The number of nitrogen functional groups attached to an aromatic ring is 1. The van der Waals surface area contributed by atoms with E-state index in [1.54, 1.807) is 24.3 Å². The molecule has 1 aromatic rings.